The predicted molar refractivity (Wildman–Crippen MR) is 80.5 cm³/mol. The van der Waals surface area contributed by atoms with Crippen molar-refractivity contribution >= 4 is 5.97 Å². The Labute approximate surface area is 136 Å². The van der Waals surface area contributed by atoms with Gasteiger partial charge < -0.3 is 5.11 Å². The molecule has 3 rings (SSSR count). The van der Waals surface area contributed by atoms with E-state index in [-0.39, 0.29) is 12.3 Å². The summed E-state index contributed by atoms with van der Waals surface area (Å²) in [4.78, 5) is 12.0. The van der Waals surface area contributed by atoms with Crippen LogP contribution >= 0.6 is 0 Å². The van der Waals surface area contributed by atoms with Crippen LogP contribution in [0, 0.1) is 12.7 Å². The van der Waals surface area contributed by atoms with Crippen LogP contribution in [0.1, 0.15) is 48.4 Å². The van der Waals surface area contributed by atoms with E-state index in [1.165, 1.54) is 24.5 Å². The van der Waals surface area contributed by atoms with Gasteiger partial charge in [-0.3, -0.25) is 4.79 Å². The second-order valence-electron chi connectivity index (χ2n) is 6.27. The average molecular weight is 338 g/mol. The Morgan fingerprint density at radius 3 is 2.83 bits per heavy atom. The summed E-state index contributed by atoms with van der Waals surface area (Å²) in [5.74, 6) is -1.65. The molecular formula is C17H17F3N2O2. The molecule has 1 aromatic heterocycles. The van der Waals surface area contributed by atoms with E-state index >= 15 is 0 Å². The number of nitrogens with zero attached hydrogens (tertiary/aromatic N) is 2. The number of carbonyl (C=O) groups is 1. The van der Waals surface area contributed by atoms with Crippen LogP contribution in [-0.4, -0.2) is 20.9 Å². The summed E-state index contributed by atoms with van der Waals surface area (Å²) in [6, 6.07) is 4.44. The Kier molecular flexibility index (Phi) is 4.11. The van der Waals surface area contributed by atoms with Crippen LogP contribution in [0.25, 0.3) is 0 Å². The lowest BCUT2D eigenvalue weighted by molar-refractivity contribution is -0.143. The Balaban J connectivity index is 1.96. The van der Waals surface area contributed by atoms with Gasteiger partial charge in [-0.25, -0.2) is 9.07 Å². The molecular weight excluding hydrogens is 321 g/mol. The smallest absolute Gasteiger partial charge is 0.333 e. The Hall–Kier alpha value is -2.31. The third-order valence-corrected chi connectivity index (χ3v) is 5.00. The summed E-state index contributed by atoms with van der Waals surface area (Å²) in [5.41, 5.74) is 0.166. The van der Waals surface area contributed by atoms with Gasteiger partial charge in [0.2, 0.25) is 0 Å². The van der Waals surface area contributed by atoms with Gasteiger partial charge in [0, 0.05) is 6.20 Å². The number of carboxylic acid groups (broad SMARTS) is 1. The lowest BCUT2D eigenvalue weighted by Gasteiger charge is -2.27. The highest BCUT2D eigenvalue weighted by atomic mass is 19.3. The summed E-state index contributed by atoms with van der Waals surface area (Å²) in [5, 5.41) is 13.4. The van der Waals surface area contributed by atoms with Gasteiger partial charge in [0.15, 0.2) is 0 Å². The predicted octanol–water partition coefficient (Wildman–Crippen LogP) is 4.02. The molecule has 1 aliphatic rings. The van der Waals surface area contributed by atoms with Crippen LogP contribution in [0.3, 0.4) is 0 Å². The van der Waals surface area contributed by atoms with Gasteiger partial charge in [-0.05, 0) is 54.9 Å². The van der Waals surface area contributed by atoms with E-state index < -0.39 is 23.8 Å². The second kappa shape index (κ2) is 5.96. The standard InChI is InChI=1S/C17H17F3N2O2/c1-10-13(3-2-4-14(10)18)17(15(23)24)6-5-11(7-17)12-8-21-22(9-12)16(19)20/h2-4,8-9,11,16H,5-7H2,1H3,(H,23,24)/t11?,17-/m0/s1. The summed E-state index contributed by atoms with van der Waals surface area (Å²) < 4.78 is 39.8. The molecule has 128 valence electrons. The maximum absolute atomic E-state index is 13.9. The number of alkyl halides is 2. The van der Waals surface area contributed by atoms with E-state index in [4.69, 9.17) is 0 Å². The Morgan fingerprint density at radius 1 is 1.46 bits per heavy atom. The van der Waals surface area contributed by atoms with E-state index in [2.05, 4.69) is 5.10 Å². The SMILES string of the molecule is Cc1c(F)cccc1[C@]1(C(=O)O)CCC(c2cnn(C(F)F)c2)C1. The van der Waals surface area contributed by atoms with Crippen molar-refractivity contribution in [2.24, 2.45) is 0 Å². The van der Waals surface area contributed by atoms with Crippen LogP contribution in [0.2, 0.25) is 0 Å². The minimum atomic E-state index is -2.73. The molecule has 1 heterocycles. The van der Waals surface area contributed by atoms with E-state index in [1.807, 2.05) is 0 Å². The number of hydrogen-bond acceptors (Lipinski definition) is 2. The fourth-order valence-corrected chi connectivity index (χ4v) is 3.68. The van der Waals surface area contributed by atoms with Crippen LogP contribution < -0.4 is 0 Å². The van der Waals surface area contributed by atoms with Crippen molar-refractivity contribution in [1.29, 1.82) is 0 Å². The fourth-order valence-electron chi connectivity index (χ4n) is 3.68. The first-order valence-electron chi connectivity index (χ1n) is 7.66. The number of hydrogen-bond donors (Lipinski definition) is 1. The van der Waals surface area contributed by atoms with Gasteiger partial charge in [0.1, 0.15) is 5.82 Å². The van der Waals surface area contributed by atoms with E-state index in [0.717, 1.165) is 0 Å². The largest absolute Gasteiger partial charge is 0.481 e. The van der Waals surface area contributed by atoms with Gasteiger partial charge in [-0.2, -0.15) is 13.9 Å². The van der Waals surface area contributed by atoms with Crippen LogP contribution in [0.5, 0.6) is 0 Å². The van der Waals surface area contributed by atoms with Gasteiger partial charge in [0.25, 0.3) is 0 Å². The van der Waals surface area contributed by atoms with Crippen molar-refractivity contribution in [2.45, 2.75) is 44.1 Å². The monoisotopic (exact) mass is 338 g/mol. The molecule has 1 aliphatic carbocycles. The van der Waals surface area contributed by atoms with E-state index in [0.29, 0.717) is 34.2 Å². The molecule has 0 radical (unpaired) electrons. The average Bonchev–Trinajstić information content (AvgIpc) is 3.17. The molecule has 1 fully saturated rings. The zero-order valence-electron chi connectivity index (χ0n) is 13.0. The first kappa shape index (κ1) is 16.5. The second-order valence-corrected chi connectivity index (χ2v) is 6.27. The topological polar surface area (TPSA) is 55.1 Å². The summed E-state index contributed by atoms with van der Waals surface area (Å²) in [6.07, 6.45) is 3.70. The van der Waals surface area contributed by atoms with Crippen LogP contribution in [-0.2, 0) is 10.2 Å². The maximum Gasteiger partial charge on any atom is 0.333 e. The van der Waals surface area contributed by atoms with Gasteiger partial charge in [-0.1, -0.05) is 12.1 Å². The first-order chi connectivity index (χ1) is 11.3. The molecule has 1 saturated carbocycles. The molecule has 7 heteroatoms. The van der Waals surface area contributed by atoms with Gasteiger partial charge in [-0.15, -0.1) is 0 Å². The van der Waals surface area contributed by atoms with Crippen molar-refractivity contribution in [1.82, 2.24) is 9.78 Å². The normalized spacial score (nSPS) is 23.8. The maximum atomic E-state index is 13.9. The van der Waals surface area contributed by atoms with Gasteiger partial charge >= 0.3 is 12.5 Å². The van der Waals surface area contributed by atoms with Crippen molar-refractivity contribution in [2.75, 3.05) is 0 Å². The first-order valence-corrected chi connectivity index (χ1v) is 7.66. The lowest BCUT2D eigenvalue weighted by atomic mass is 9.76. The fraction of sp³-hybridized carbons (Fsp3) is 0.412. The minimum Gasteiger partial charge on any atom is -0.481 e. The number of halogens is 3. The van der Waals surface area contributed by atoms with Crippen molar-refractivity contribution in [3.05, 3.63) is 53.1 Å². The quantitative estimate of drug-likeness (QED) is 0.916. The third kappa shape index (κ3) is 2.57. The lowest BCUT2D eigenvalue weighted by Crippen LogP contribution is -2.34. The number of benzene rings is 1. The molecule has 0 spiro atoms. The molecule has 4 nitrogen and oxygen atoms in total. The third-order valence-electron chi connectivity index (χ3n) is 5.00. The molecule has 1 unspecified atom stereocenters. The minimum absolute atomic E-state index is 0.198. The number of aromatic nitrogens is 2. The number of rotatable bonds is 4. The molecule has 1 aromatic carbocycles. The molecule has 0 saturated heterocycles. The highest BCUT2D eigenvalue weighted by Gasteiger charge is 2.48. The highest BCUT2D eigenvalue weighted by molar-refractivity contribution is 5.82. The molecule has 2 aromatic rings. The number of carboxylic acids is 1. The Bertz CT molecular complexity index is 775. The van der Waals surface area contributed by atoms with E-state index in [1.54, 1.807) is 13.0 Å². The molecule has 0 aliphatic heterocycles. The molecule has 0 bridgehead atoms. The van der Waals surface area contributed by atoms with Crippen molar-refractivity contribution in [3.63, 3.8) is 0 Å². The highest BCUT2D eigenvalue weighted by Crippen LogP contribution is 2.49. The van der Waals surface area contributed by atoms with Crippen molar-refractivity contribution < 1.29 is 23.1 Å². The molecule has 1 N–H and O–H groups in total. The van der Waals surface area contributed by atoms with E-state index in [9.17, 15) is 23.1 Å². The Morgan fingerprint density at radius 2 is 2.21 bits per heavy atom. The molecule has 2 atom stereocenters. The zero-order chi connectivity index (χ0) is 17.5. The summed E-state index contributed by atoms with van der Waals surface area (Å²) in [7, 11) is 0. The van der Waals surface area contributed by atoms with Crippen LogP contribution in [0.4, 0.5) is 13.2 Å². The van der Waals surface area contributed by atoms with Gasteiger partial charge in [0.05, 0.1) is 11.6 Å². The summed E-state index contributed by atoms with van der Waals surface area (Å²) in [6.45, 7) is -1.16. The molecule has 24 heavy (non-hydrogen) atoms. The molecule has 0 amide bonds. The summed E-state index contributed by atoms with van der Waals surface area (Å²) >= 11 is 0. The van der Waals surface area contributed by atoms with Crippen molar-refractivity contribution in [3.8, 4) is 0 Å². The number of aliphatic carboxylic acids is 1. The van der Waals surface area contributed by atoms with Crippen LogP contribution in [0.15, 0.2) is 30.6 Å². The zero-order valence-corrected chi connectivity index (χ0v) is 13.0.